The maximum absolute atomic E-state index is 11.9. The van der Waals surface area contributed by atoms with Crippen LogP contribution in [-0.4, -0.2) is 37.8 Å². The number of carbonyl (C=O) groups excluding carboxylic acids is 1. The molecule has 3 aromatic rings. The van der Waals surface area contributed by atoms with E-state index in [0.29, 0.717) is 17.5 Å². The summed E-state index contributed by atoms with van der Waals surface area (Å²) in [6.45, 7) is 6.92. The standard InChI is InChI=1S/C17H21N5OS/c1-4-9-18-14(23)10-24-17-21-20-16-12-7-5-6-8-13(12)19-15(11(2)3)22(16)17/h5-8,11H,4,9-10H2,1-3H3,(H,18,23). The first kappa shape index (κ1) is 16.7. The minimum atomic E-state index is 0.0124. The van der Waals surface area contributed by atoms with Gasteiger partial charge in [0.05, 0.1) is 11.3 Å². The first-order valence-electron chi connectivity index (χ1n) is 8.15. The highest BCUT2D eigenvalue weighted by molar-refractivity contribution is 7.99. The molecule has 0 fully saturated rings. The monoisotopic (exact) mass is 343 g/mol. The zero-order chi connectivity index (χ0) is 17.1. The van der Waals surface area contributed by atoms with Crippen molar-refractivity contribution in [3.63, 3.8) is 0 Å². The SMILES string of the molecule is CCCNC(=O)CSc1nnc2c3ccccc3nc(C(C)C)n12. The van der Waals surface area contributed by atoms with Gasteiger partial charge in [0.25, 0.3) is 0 Å². The molecule has 126 valence electrons. The van der Waals surface area contributed by atoms with Gasteiger partial charge in [-0.15, -0.1) is 10.2 Å². The lowest BCUT2D eigenvalue weighted by atomic mass is 10.2. The number of benzene rings is 1. The third-order valence-electron chi connectivity index (χ3n) is 3.66. The number of hydrogen-bond donors (Lipinski definition) is 1. The molecule has 2 aromatic heterocycles. The number of carbonyl (C=O) groups is 1. The van der Waals surface area contributed by atoms with E-state index in [1.54, 1.807) is 0 Å². The van der Waals surface area contributed by atoms with E-state index in [1.165, 1.54) is 11.8 Å². The summed E-state index contributed by atoms with van der Waals surface area (Å²) >= 11 is 1.39. The van der Waals surface area contributed by atoms with E-state index in [4.69, 9.17) is 4.98 Å². The minimum Gasteiger partial charge on any atom is -0.355 e. The molecular weight excluding hydrogens is 322 g/mol. The van der Waals surface area contributed by atoms with E-state index in [-0.39, 0.29) is 11.8 Å². The molecule has 24 heavy (non-hydrogen) atoms. The van der Waals surface area contributed by atoms with Gasteiger partial charge < -0.3 is 5.32 Å². The van der Waals surface area contributed by atoms with Gasteiger partial charge in [0.15, 0.2) is 10.8 Å². The number of aromatic nitrogens is 4. The minimum absolute atomic E-state index is 0.0124. The number of fused-ring (bicyclic) bond motifs is 3. The fourth-order valence-corrected chi connectivity index (χ4v) is 3.28. The van der Waals surface area contributed by atoms with Crippen molar-refractivity contribution in [3.05, 3.63) is 30.1 Å². The van der Waals surface area contributed by atoms with Gasteiger partial charge in [-0.3, -0.25) is 9.20 Å². The van der Waals surface area contributed by atoms with Gasteiger partial charge in [0.2, 0.25) is 5.91 Å². The number of nitrogens with zero attached hydrogens (tertiary/aromatic N) is 4. The summed E-state index contributed by atoms with van der Waals surface area (Å²) in [5.41, 5.74) is 1.71. The fourth-order valence-electron chi connectivity index (χ4n) is 2.51. The molecule has 0 atom stereocenters. The smallest absolute Gasteiger partial charge is 0.230 e. The summed E-state index contributed by atoms with van der Waals surface area (Å²) < 4.78 is 1.98. The van der Waals surface area contributed by atoms with Gasteiger partial charge >= 0.3 is 0 Å². The van der Waals surface area contributed by atoms with E-state index in [1.807, 2.05) is 35.6 Å². The number of thioether (sulfide) groups is 1. The first-order chi connectivity index (χ1) is 11.6. The molecule has 0 radical (unpaired) electrons. The molecular formula is C17H21N5OS. The molecule has 1 N–H and O–H groups in total. The van der Waals surface area contributed by atoms with E-state index in [2.05, 4.69) is 29.4 Å². The Morgan fingerprint density at radius 2 is 2.08 bits per heavy atom. The van der Waals surface area contributed by atoms with E-state index in [0.717, 1.165) is 28.8 Å². The van der Waals surface area contributed by atoms with Crippen LogP contribution in [-0.2, 0) is 4.79 Å². The van der Waals surface area contributed by atoms with E-state index < -0.39 is 0 Å². The van der Waals surface area contributed by atoms with Crippen molar-refractivity contribution >= 4 is 34.2 Å². The molecule has 0 aliphatic heterocycles. The molecule has 0 saturated carbocycles. The van der Waals surface area contributed by atoms with Gasteiger partial charge in [-0.2, -0.15) is 0 Å². The molecule has 2 heterocycles. The second-order valence-corrected chi connectivity index (χ2v) is 6.86. The highest BCUT2D eigenvalue weighted by Gasteiger charge is 2.17. The second kappa shape index (κ2) is 7.17. The molecule has 0 saturated heterocycles. The van der Waals surface area contributed by atoms with Crippen molar-refractivity contribution in [2.24, 2.45) is 0 Å². The van der Waals surface area contributed by atoms with Crippen molar-refractivity contribution in [1.29, 1.82) is 0 Å². The van der Waals surface area contributed by atoms with Crippen LogP contribution in [0.25, 0.3) is 16.6 Å². The Kier molecular flexibility index (Phi) is 4.99. The lowest BCUT2D eigenvalue weighted by Gasteiger charge is -2.11. The van der Waals surface area contributed by atoms with Crippen LogP contribution in [0.3, 0.4) is 0 Å². The normalized spacial score (nSPS) is 11.5. The van der Waals surface area contributed by atoms with Crippen LogP contribution in [0.5, 0.6) is 0 Å². The lowest BCUT2D eigenvalue weighted by molar-refractivity contribution is -0.118. The van der Waals surface area contributed by atoms with Crippen molar-refractivity contribution < 1.29 is 4.79 Å². The van der Waals surface area contributed by atoms with Crippen LogP contribution < -0.4 is 5.32 Å². The number of amides is 1. The quantitative estimate of drug-likeness (QED) is 0.697. The highest BCUT2D eigenvalue weighted by atomic mass is 32.2. The fraction of sp³-hybridized carbons (Fsp3) is 0.412. The van der Waals surface area contributed by atoms with Crippen LogP contribution in [0.2, 0.25) is 0 Å². The first-order valence-corrected chi connectivity index (χ1v) is 9.13. The van der Waals surface area contributed by atoms with Crippen LogP contribution in [0, 0.1) is 0 Å². The van der Waals surface area contributed by atoms with Gasteiger partial charge in [0, 0.05) is 17.8 Å². The van der Waals surface area contributed by atoms with Crippen molar-refractivity contribution in [2.45, 2.75) is 38.3 Å². The molecule has 0 bridgehead atoms. The van der Waals surface area contributed by atoms with Crippen molar-refractivity contribution in [1.82, 2.24) is 24.9 Å². The summed E-state index contributed by atoms with van der Waals surface area (Å²) in [4.78, 5) is 16.6. The summed E-state index contributed by atoms with van der Waals surface area (Å²) in [6, 6.07) is 7.93. The zero-order valence-corrected chi connectivity index (χ0v) is 14.9. The number of rotatable bonds is 6. The summed E-state index contributed by atoms with van der Waals surface area (Å²) in [6.07, 6.45) is 0.928. The Hall–Kier alpha value is -2.15. The van der Waals surface area contributed by atoms with Crippen LogP contribution in [0.15, 0.2) is 29.4 Å². The van der Waals surface area contributed by atoms with Gasteiger partial charge in [-0.05, 0) is 18.6 Å². The topological polar surface area (TPSA) is 72.2 Å². The zero-order valence-electron chi connectivity index (χ0n) is 14.1. The third-order valence-corrected chi connectivity index (χ3v) is 4.59. The number of para-hydroxylation sites is 1. The summed E-state index contributed by atoms with van der Waals surface area (Å²) in [5, 5.41) is 13.2. The molecule has 3 rings (SSSR count). The number of hydrogen-bond acceptors (Lipinski definition) is 5. The van der Waals surface area contributed by atoms with E-state index >= 15 is 0 Å². The maximum atomic E-state index is 11.9. The predicted molar refractivity (Wildman–Crippen MR) is 96.4 cm³/mol. The Morgan fingerprint density at radius 1 is 1.29 bits per heavy atom. The molecule has 0 spiro atoms. The van der Waals surface area contributed by atoms with Crippen LogP contribution >= 0.6 is 11.8 Å². The molecule has 1 amide bonds. The summed E-state index contributed by atoms with van der Waals surface area (Å²) in [5.74, 6) is 1.47. The van der Waals surface area contributed by atoms with Gasteiger partial charge in [-0.1, -0.05) is 44.7 Å². The molecule has 0 unspecified atom stereocenters. The average molecular weight is 343 g/mol. The Bertz CT molecular complexity index is 874. The maximum Gasteiger partial charge on any atom is 0.230 e. The van der Waals surface area contributed by atoms with E-state index in [9.17, 15) is 4.79 Å². The van der Waals surface area contributed by atoms with Crippen molar-refractivity contribution in [3.8, 4) is 0 Å². The molecule has 1 aromatic carbocycles. The Morgan fingerprint density at radius 3 is 2.83 bits per heavy atom. The largest absolute Gasteiger partial charge is 0.355 e. The summed E-state index contributed by atoms with van der Waals surface area (Å²) in [7, 11) is 0. The highest BCUT2D eigenvalue weighted by Crippen LogP contribution is 2.26. The third kappa shape index (κ3) is 3.21. The van der Waals surface area contributed by atoms with Gasteiger partial charge in [-0.25, -0.2) is 4.98 Å². The Balaban J connectivity index is 2.00. The number of nitrogens with one attached hydrogen (secondary N) is 1. The van der Waals surface area contributed by atoms with Crippen LogP contribution in [0.1, 0.15) is 38.9 Å². The Labute approximate surface area is 145 Å². The molecule has 0 aliphatic rings. The molecule has 7 heteroatoms. The second-order valence-electron chi connectivity index (χ2n) is 5.92. The average Bonchev–Trinajstić information content (AvgIpc) is 3.01. The van der Waals surface area contributed by atoms with Gasteiger partial charge in [0.1, 0.15) is 5.82 Å². The van der Waals surface area contributed by atoms with Crippen LogP contribution in [0.4, 0.5) is 0 Å². The molecule has 6 nitrogen and oxygen atoms in total. The molecule has 0 aliphatic carbocycles. The van der Waals surface area contributed by atoms with Crippen molar-refractivity contribution in [2.75, 3.05) is 12.3 Å². The predicted octanol–water partition coefficient (Wildman–Crippen LogP) is 3.02. The lowest BCUT2D eigenvalue weighted by Crippen LogP contribution is -2.25.